The molecule has 2 nitrogen and oxygen atoms in total. The molecule has 1 rings (SSSR count). The van der Waals surface area contributed by atoms with Crippen LogP contribution in [0, 0.1) is 0 Å². The summed E-state index contributed by atoms with van der Waals surface area (Å²) in [6.45, 7) is 6.32. The van der Waals surface area contributed by atoms with Crippen molar-refractivity contribution in [3.8, 4) is 0 Å². The average molecular weight is 298 g/mol. The summed E-state index contributed by atoms with van der Waals surface area (Å²) in [7, 11) is 0. The highest BCUT2D eigenvalue weighted by molar-refractivity contribution is 6.31. The zero-order valence-corrected chi connectivity index (χ0v) is 13.7. The number of ether oxygens (including phenoxy) is 1. The van der Waals surface area contributed by atoms with E-state index in [9.17, 15) is 0 Å². The van der Waals surface area contributed by atoms with Crippen molar-refractivity contribution in [1.82, 2.24) is 0 Å². The minimum Gasteiger partial charge on any atom is -0.369 e. The van der Waals surface area contributed by atoms with Gasteiger partial charge >= 0.3 is 0 Å². The van der Waals surface area contributed by atoms with Crippen LogP contribution in [0.2, 0.25) is 5.02 Å². The van der Waals surface area contributed by atoms with Crippen LogP contribution in [0.3, 0.4) is 0 Å². The Kier molecular flexibility index (Phi) is 8.20. The number of hydrogen-bond acceptors (Lipinski definition) is 2. The van der Waals surface area contributed by atoms with E-state index >= 15 is 0 Å². The van der Waals surface area contributed by atoms with Crippen LogP contribution in [0.5, 0.6) is 0 Å². The van der Waals surface area contributed by atoms with Gasteiger partial charge in [0.05, 0.1) is 12.2 Å². The molecule has 0 aliphatic carbocycles. The van der Waals surface area contributed by atoms with E-state index in [1.165, 1.54) is 25.7 Å². The van der Waals surface area contributed by atoms with Gasteiger partial charge in [0.2, 0.25) is 0 Å². The van der Waals surface area contributed by atoms with Crippen LogP contribution in [-0.4, -0.2) is 12.1 Å². The van der Waals surface area contributed by atoms with Gasteiger partial charge in [0.1, 0.15) is 0 Å². The lowest BCUT2D eigenvalue weighted by Gasteiger charge is -2.26. The van der Waals surface area contributed by atoms with Crippen LogP contribution in [0.25, 0.3) is 0 Å². The Hall–Kier alpha value is -0.570. The number of unbranched alkanes of at least 4 members (excludes halogenated alkanes) is 3. The molecule has 1 aromatic rings. The van der Waals surface area contributed by atoms with Gasteiger partial charge in [0.15, 0.2) is 0 Å². The van der Waals surface area contributed by atoms with E-state index in [2.05, 4.69) is 13.8 Å². The fourth-order valence-electron chi connectivity index (χ4n) is 2.36. The number of hydrogen-bond donors (Lipinski definition) is 1. The van der Waals surface area contributed by atoms with E-state index in [-0.39, 0.29) is 18.2 Å². The highest BCUT2D eigenvalue weighted by Gasteiger charge is 2.21. The lowest BCUT2D eigenvalue weighted by Crippen LogP contribution is -2.29. The zero-order valence-electron chi connectivity index (χ0n) is 12.9. The van der Waals surface area contributed by atoms with Crippen LogP contribution in [-0.2, 0) is 4.74 Å². The van der Waals surface area contributed by atoms with Crippen molar-refractivity contribution in [1.29, 1.82) is 0 Å². The fraction of sp³-hybridized carbons (Fsp3) is 0.647. The van der Waals surface area contributed by atoms with Gasteiger partial charge in [0, 0.05) is 16.6 Å². The average Bonchev–Trinajstić information content (AvgIpc) is 2.42. The Morgan fingerprint density at radius 2 is 1.85 bits per heavy atom. The molecule has 0 saturated heterocycles. The maximum Gasteiger partial charge on any atom is 0.0990 e. The van der Waals surface area contributed by atoms with Crippen molar-refractivity contribution < 1.29 is 4.74 Å². The van der Waals surface area contributed by atoms with Crippen LogP contribution in [0.4, 0.5) is 0 Å². The molecule has 3 atom stereocenters. The smallest absolute Gasteiger partial charge is 0.0990 e. The van der Waals surface area contributed by atoms with E-state index in [0.29, 0.717) is 0 Å². The molecule has 0 heterocycles. The molecule has 0 bridgehead atoms. The molecule has 0 aliphatic rings. The number of halogens is 1. The van der Waals surface area contributed by atoms with Crippen LogP contribution in [0.15, 0.2) is 24.3 Å². The molecule has 0 saturated carbocycles. The summed E-state index contributed by atoms with van der Waals surface area (Å²) in [5, 5.41) is 0.730. The Bertz CT molecular complexity index is 381. The van der Waals surface area contributed by atoms with Crippen molar-refractivity contribution in [3.05, 3.63) is 34.9 Å². The first kappa shape index (κ1) is 17.5. The van der Waals surface area contributed by atoms with Gasteiger partial charge in [-0.25, -0.2) is 0 Å². The van der Waals surface area contributed by atoms with E-state index < -0.39 is 0 Å². The third-order valence-corrected chi connectivity index (χ3v) is 3.88. The van der Waals surface area contributed by atoms with E-state index in [1.54, 1.807) is 0 Å². The van der Waals surface area contributed by atoms with Gasteiger partial charge in [-0.2, -0.15) is 0 Å². The van der Waals surface area contributed by atoms with Crippen LogP contribution < -0.4 is 5.73 Å². The minimum atomic E-state index is -0.134. The molecule has 0 fully saturated rings. The molecule has 3 unspecified atom stereocenters. The quantitative estimate of drug-likeness (QED) is 0.643. The SMILES string of the molecule is CCCCCCC(C)OC(c1ccccc1Cl)C(C)N. The highest BCUT2D eigenvalue weighted by Crippen LogP contribution is 2.29. The number of rotatable bonds is 9. The Labute approximate surface area is 128 Å². The van der Waals surface area contributed by atoms with Crippen LogP contribution in [0.1, 0.15) is 64.5 Å². The Morgan fingerprint density at radius 3 is 2.45 bits per heavy atom. The maximum atomic E-state index is 6.26. The summed E-state index contributed by atoms with van der Waals surface area (Å²) in [6.07, 6.45) is 6.20. The van der Waals surface area contributed by atoms with Crippen molar-refractivity contribution in [3.63, 3.8) is 0 Å². The first-order valence-corrected chi connectivity index (χ1v) is 8.09. The lowest BCUT2D eigenvalue weighted by atomic mass is 10.0. The summed E-state index contributed by atoms with van der Waals surface area (Å²) in [6, 6.07) is 7.72. The Balaban J connectivity index is 2.57. The normalized spacial score (nSPS) is 15.8. The third kappa shape index (κ3) is 5.82. The highest BCUT2D eigenvalue weighted by atomic mass is 35.5. The first-order valence-electron chi connectivity index (χ1n) is 7.71. The summed E-state index contributed by atoms with van der Waals surface area (Å²) in [5.41, 5.74) is 7.07. The van der Waals surface area contributed by atoms with Crippen molar-refractivity contribution >= 4 is 11.6 Å². The lowest BCUT2D eigenvalue weighted by molar-refractivity contribution is -0.0194. The minimum absolute atomic E-state index is 0.0759. The molecular weight excluding hydrogens is 270 g/mol. The molecule has 114 valence electrons. The van der Waals surface area contributed by atoms with Crippen molar-refractivity contribution in [2.24, 2.45) is 5.73 Å². The second kappa shape index (κ2) is 9.38. The van der Waals surface area contributed by atoms with Gasteiger partial charge in [-0.3, -0.25) is 0 Å². The van der Waals surface area contributed by atoms with Gasteiger partial charge < -0.3 is 10.5 Å². The molecule has 0 aromatic heterocycles. The molecule has 2 N–H and O–H groups in total. The van der Waals surface area contributed by atoms with Crippen molar-refractivity contribution in [2.75, 3.05) is 0 Å². The topological polar surface area (TPSA) is 35.2 Å². The predicted molar refractivity (Wildman–Crippen MR) is 87.1 cm³/mol. The molecule has 3 heteroatoms. The van der Waals surface area contributed by atoms with Gasteiger partial charge in [-0.1, -0.05) is 62.4 Å². The van der Waals surface area contributed by atoms with Gasteiger partial charge in [-0.15, -0.1) is 0 Å². The molecule has 0 radical (unpaired) electrons. The fourth-order valence-corrected chi connectivity index (χ4v) is 2.61. The first-order chi connectivity index (χ1) is 9.56. The van der Waals surface area contributed by atoms with Gasteiger partial charge in [-0.05, 0) is 26.3 Å². The second-order valence-corrected chi connectivity index (χ2v) is 6.00. The zero-order chi connectivity index (χ0) is 15.0. The predicted octanol–water partition coefficient (Wildman–Crippen LogP) is 5.10. The van der Waals surface area contributed by atoms with E-state index in [4.69, 9.17) is 22.1 Å². The Morgan fingerprint density at radius 1 is 1.15 bits per heavy atom. The third-order valence-electron chi connectivity index (χ3n) is 3.53. The molecule has 1 aromatic carbocycles. The monoisotopic (exact) mass is 297 g/mol. The van der Waals surface area contributed by atoms with Gasteiger partial charge in [0.25, 0.3) is 0 Å². The standard InChI is InChI=1S/C17H28ClNO/c1-4-5-6-7-10-13(2)20-17(14(3)19)15-11-8-9-12-16(15)18/h8-9,11-14,17H,4-7,10,19H2,1-3H3. The molecular formula is C17H28ClNO. The van der Waals surface area contributed by atoms with E-state index in [1.807, 2.05) is 31.2 Å². The molecule has 20 heavy (non-hydrogen) atoms. The molecule has 0 aliphatic heterocycles. The van der Waals surface area contributed by atoms with Crippen LogP contribution >= 0.6 is 11.6 Å². The maximum absolute atomic E-state index is 6.26. The molecule has 0 amide bonds. The number of benzene rings is 1. The van der Waals surface area contributed by atoms with Crippen molar-refractivity contribution in [2.45, 2.75) is 71.1 Å². The molecule has 0 spiro atoms. The summed E-state index contributed by atoms with van der Waals surface area (Å²) in [4.78, 5) is 0. The van der Waals surface area contributed by atoms with E-state index in [0.717, 1.165) is 17.0 Å². The largest absolute Gasteiger partial charge is 0.369 e. The summed E-state index contributed by atoms with van der Waals surface area (Å²) in [5.74, 6) is 0. The second-order valence-electron chi connectivity index (χ2n) is 5.60. The number of nitrogens with two attached hydrogens (primary N) is 1. The summed E-state index contributed by atoms with van der Waals surface area (Å²) < 4.78 is 6.15. The summed E-state index contributed by atoms with van der Waals surface area (Å²) >= 11 is 6.26.